The topological polar surface area (TPSA) is 56.8 Å². The minimum atomic E-state index is -2.93. The Morgan fingerprint density at radius 2 is 1.73 bits per heavy atom. The summed E-state index contributed by atoms with van der Waals surface area (Å²) < 4.78 is 40.1. The van der Waals surface area contributed by atoms with Crippen molar-refractivity contribution in [3.05, 3.63) is 54.1 Å². The maximum Gasteiger partial charge on any atom is 0.387 e. The van der Waals surface area contributed by atoms with Gasteiger partial charge in [-0.05, 0) is 36.8 Å². The van der Waals surface area contributed by atoms with Crippen LogP contribution in [0.1, 0.15) is 24.9 Å². The molecule has 0 aromatic heterocycles. The molecular weight excluding hydrogens is 344 g/mol. The Labute approximate surface area is 150 Å². The van der Waals surface area contributed by atoms with Gasteiger partial charge in [0.15, 0.2) is 6.61 Å². The second-order valence-electron chi connectivity index (χ2n) is 5.41. The summed E-state index contributed by atoms with van der Waals surface area (Å²) in [7, 11) is 1.56. The normalized spacial score (nSPS) is 11.7. The molecule has 2 rings (SSSR count). The quantitative estimate of drug-likeness (QED) is 0.731. The molecule has 0 saturated heterocycles. The summed E-state index contributed by atoms with van der Waals surface area (Å²) in [4.78, 5) is 12.2. The first kappa shape index (κ1) is 19.5. The largest absolute Gasteiger partial charge is 0.497 e. The Bertz CT molecular complexity index is 707. The number of halogens is 2. The minimum Gasteiger partial charge on any atom is -0.497 e. The van der Waals surface area contributed by atoms with E-state index in [9.17, 15) is 13.6 Å². The first-order valence-corrected chi connectivity index (χ1v) is 8.13. The van der Waals surface area contributed by atoms with Crippen LogP contribution >= 0.6 is 0 Å². The van der Waals surface area contributed by atoms with Gasteiger partial charge in [0, 0.05) is 5.56 Å². The molecule has 26 heavy (non-hydrogen) atoms. The number of carbonyl (C=O) groups excluding carboxylic acids is 1. The van der Waals surface area contributed by atoms with E-state index >= 15 is 0 Å². The second-order valence-corrected chi connectivity index (χ2v) is 5.41. The van der Waals surface area contributed by atoms with Gasteiger partial charge in [-0.15, -0.1) is 0 Å². The van der Waals surface area contributed by atoms with E-state index in [4.69, 9.17) is 9.47 Å². The molecule has 0 spiro atoms. The fourth-order valence-electron chi connectivity index (χ4n) is 2.43. The smallest absolute Gasteiger partial charge is 0.387 e. The Morgan fingerprint density at radius 3 is 2.35 bits per heavy atom. The standard InChI is InChI=1S/C19H21F2NO4/c1-3-16(15-6-4-5-7-17(15)26-19(20)21)22-18(23)12-25-14-10-8-13(24-2)9-11-14/h4-11,16,19H,3,12H2,1-2H3,(H,22,23). The summed E-state index contributed by atoms with van der Waals surface area (Å²) in [5, 5.41) is 2.78. The van der Waals surface area contributed by atoms with E-state index in [-0.39, 0.29) is 18.3 Å². The van der Waals surface area contributed by atoms with Crippen molar-refractivity contribution in [1.29, 1.82) is 0 Å². The minimum absolute atomic E-state index is 0.0470. The lowest BCUT2D eigenvalue weighted by molar-refractivity contribution is -0.123. The van der Waals surface area contributed by atoms with Crippen LogP contribution in [-0.4, -0.2) is 26.2 Å². The first-order valence-electron chi connectivity index (χ1n) is 8.13. The zero-order valence-electron chi connectivity index (χ0n) is 14.6. The highest BCUT2D eigenvalue weighted by Gasteiger charge is 2.19. The molecule has 2 aromatic carbocycles. The van der Waals surface area contributed by atoms with Crippen molar-refractivity contribution < 1.29 is 27.8 Å². The molecule has 1 amide bonds. The van der Waals surface area contributed by atoms with E-state index < -0.39 is 12.7 Å². The molecule has 1 atom stereocenters. The van der Waals surface area contributed by atoms with E-state index in [1.807, 2.05) is 6.92 Å². The van der Waals surface area contributed by atoms with Crippen molar-refractivity contribution in [1.82, 2.24) is 5.32 Å². The highest BCUT2D eigenvalue weighted by atomic mass is 19.3. The van der Waals surface area contributed by atoms with Gasteiger partial charge in [0.1, 0.15) is 17.2 Å². The number of ether oxygens (including phenoxy) is 3. The molecule has 0 radical (unpaired) electrons. The second kappa shape index (κ2) is 9.60. The van der Waals surface area contributed by atoms with Gasteiger partial charge in [-0.25, -0.2) is 0 Å². The molecule has 2 aromatic rings. The third-order valence-corrected chi connectivity index (χ3v) is 3.68. The Balaban J connectivity index is 1.97. The molecular formula is C19H21F2NO4. The lowest BCUT2D eigenvalue weighted by Gasteiger charge is -2.20. The molecule has 5 nitrogen and oxygen atoms in total. The van der Waals surface area contributed by atoms with Crippen LogP contribution in [0.4, 0.5) is 8.78 Å². The Kier molecular flexibility index (Phi) is 7.20. The summed E-state index contributed by atoms with van der Waals surface area (Å²) in [6.45, 7) is -1.28. The summed E-state index contributed by atoms with van der Waals surface area (Å²) in [6.07, 6.45) is 0.512. The number of benzene rings is 2. The predicted octanol–water partition coefficient (Wildman–Crippen LogP) is 3.94. The first-order chi connectivity index (χ1) is 12.5. The van der Waals surface area contributed by atoms with Crippen LogP contribution in [0.2, 0.25) is 0 Å². The van der Waals surface area contributed by atoms with Gasteiger partial charge in [-0.3, -0.25) is 4.79 Å². The molecule has 0 aliphatic heterocycles. The van der Waals surface area contributed by atoms with Crippen LogP contribution < -0.4 is 19.5 Å². The van der Waals surface area contributed by atoms with Crippen molar-refractivity contribution in [3.63, 3.8) is 0 Å². The SMILES string of the molecule is CCC(NC(=O)COc1ccc(OC)cc1)c1ccccc1OC(F)F. The van der Waals surface area contributed by atoms with Crippen LogP contribution in [0, 0.1) is 0 Å². The predicted molar refractivity (Wildman–Crippen MR) is 92.7 cm³/mol. The molecule has 7 heteroatoms. The van der Waals surface area contributed by atoms with E-state index in [0.717, 1.165) is 0 Å². The fourth-order valence-corrected chi connectivity index (χ4v) is 2.43. The highest BCUT2D eigenvalue weighted by molar-refractivity contribution is 5.78. The molecule has 0 aliphatic carbocycles. The average molecular weight is 365 g/mol. The van der Waals surface area contributed by atoms with Gasteiger partial charge in [0.25, 0.3) is 5.91 Å². The number of alkyl halides is 2. The molecule has 140 valence electrons. The summed E-state index contributed by atoms with van der Waals surface area (Å²) in [5.74, 6) is 0.893. The number of rotatable bonds is 9. The molecule has 0 bridgehead atoms. The monoisotopic (exact) mass is 365 g/mol. The van der Waals surface area contributed by atoms with Gasteiger partial charge in [-0.2, -0.15) is 8.78 Å². The Morgan fingerprint density at radius 1 is 1.08 bits per heavy atom. The van der Waals surface area contributed by atoms with Gasteiger partial charge in [0.05, 0.1) is 13.2 Å². The van der Waals surface area contributed by atoms with Crippen LogP contribution in [0.25, 0.3) is 0 Å². The van der Waals surface area contributed by atoms with Gasteiger partial charge < -0.3 is 19.5 Å². The molecule has 1 N–H and O–H groups in total. The summed E-state index contributed by atoms with van der Waals surface area (Å²) >= 11 is 0. The van der Waals surface area contributed by atoms with Crippen LogP contribution in [-0.2, 0) is 4.79 Å². The van der Waals surface area contributed by atoms with Crippen LogP contribution in [0.3, 0.4) is 0 Å². The average Bonchev–Trinajstić information content (AvgIpc) is 2.65. The van der Waals surface area contributed by atoms with Crippen LogP contribution in [0.15, 0.2) is 48.5 Å². The third kappa shape index (κ3) is 5.61. The van der Waals surface area contributed by atoms with Crippen LogP contribution in [0.5, 0.6) is 17.2 Å². The van der Waals surface area contributed by atoms with Gasteiger partial charge in [-0.1, -0.05) is 25.1 Å². The lowest BCUT2D eigenvalue weighted by Crippen LogP contribution is -2.32. The van der Waals surface area contributed by atoms with E-state index in [1.165, 1.54) is 6.07 Å². The van der Waals surface area contributed by atoms with E-state index in [1.54, 1.807) is 49.6 Å². The zero-order chi connectivity index (χ0) is 18.9. The van der Waals surface area contributed by atoms with Gasteiger partial charge >= 0.3 is 6.61 Å². The number of hydrogen-bond donors (Lipinski definition) is 1. The number of para-hydroxylation sites is 1. The number of methoxy groups -OCH3 is 1. The van der Waals surface area contributed by atoms with E-state index in [0.29, 0.717) is 23.5 Å². The van der Waals surface area contributed by atoms with E-state index in [2.05, 4.69) is 10.1 Å². The fraction of sp³-hybridized carbons (Fsp3) is 0.316. The summed E-state index contributed by atoms with van der Waals surface area (Å²) in [6, 6.07) is 12.8. The number of nitrogens with one attached hydrogen (secondary N) is 1. The molecule has 0 saturated carbocycles. The maximum absolute atomic E-state index is 12.6. The van der Waals surface area contributed by atoms with Gasteiger partial charge in [0.2, 0.25) is 0 Å². The molecule has 1 unspecified atom stereocenters. The number of hydrogen-bond acceptors (Lipinski definition) is 4. The zero-order valence-corrected chi connectivity index (χ0v) is 14.6. The van der Waals surface area contributed by atoms with Crippen molar-refractivity contribution in [2.45, 2.75) is 26.0 Å². The Hall–Kier alpha value is -2.83. The number of carbonyl (C=O) groups is 1. The van der Waals surface area contributed by atoms with Crippen molar-refractivity contribution >= 4 is 5.91 Å². The molecule has 0 aliphatic rings. The molecule has 0 fully saturated rings. The maximum atomic E-state index is 12.6. The van der Waals surface area contributed by atoms with Crippen molar-refractivity contribution in [2.75, 3.05) is 13.7 Å². The third-order valence-electron chi connectivity index (χ3n) is 3.68. The lowest BCUT2D eigenvalue weighted by atomic mass is 10.0. The van der Waals surface area contributed by atoms with Crippen molar-refractivity contribution in [2.24, 2.45) is 0 Å². The van der Waals surface area contributed by atoms with Crippen molar-refractivity contribution in [3.8, 4) is 17.2 Å². The summed E-state index contributed by atoms with van der Waals surface area (Å²) in [5.41, 5.74) is 0.494. The molecule has 0 heterocycles. The number of amides is 1. The highest BCUT2D eigenvalue weighted by Crippen LogP contribution is 2.28.